The van der Waals surface area contributed by atoms with Gasteiger partial charge in [0.2, 0.25) is 17.8 Å². The lowest BCUT2D eigenvalue weighted by molar-refractivity contribution is -0.657. The molecule has 0 aliphatic rings. The molecule has 4 aromatic rings. The van der Waals surface area contributed by atoms with Crippen LogP contribution in [0.15, 0.2) is 85.1 Å². The second-order valence-electron chi connectivity index (χ2n) is 5.64. The first-order valence-electron chi connectivity index (χ1n) is 7.71. The van der Waals surface area contributed by atoms with Gasteiger partial charge in [-0.1, -0.05) is 54.6 Å². The maximum Gasteiger partial charge on any atom is 0.227 e. The van der Waals surface area contributed by atoms with Gasteiger partial charge in [-0.15, -0.1) is 0 Å². The van der Waals surface area contributed by atoms with Gasteiger partial charge in [-0.05, 0) is 22.9 Å². The summed E-state index contributed by atoms with van der Waals surface area (Å²) in [6.07, 6.45) is 1.97. The highest BCUT2D eigenvalue weighted by atomic mass is 79.9. The number of benzene rings is 3. The van der Waals surface area contributed by atoms with Gasteiger partial charge in [0.15, 0.2) is 6.20 Å². The number of carbonyl (C=O) groups is 1. The Kier molecular flexibility index (Phi) is 4.72. The number of carbonyl (C=O) groups excluding carboxylic acids is 1. The summed E-state index contributed by atoms with van der Waals surface area (Å²) < 4.78 is 2.02. The summed E-state index contributed by atoms with van der Waals surface area (Å²) in [6.45, 7) is 0.347. The number of hydrogen-bond donors (Lipinski definition) is 0. The van der Waals surface area contributed by atoms with Crippen LogP contribution < -0.4 is 21.5 Å². The molecular formula is C21H16BrNO. The van der Waals surface area contributed by atoms with Crippen molar-refractivity contribution in [3.63, 3.8) is 0 Å². The van der Waals surface area contributed by atoms with E-state index in [9.17, 15) is 4.79 Å². The molecule has 0 saturated heterocycles. The van der Waals surface area contributed by atoms with Crippen molar-refractivity contribution in [1.82, 2.24) is 0 Å². The molecule has 0 unspecified atom stereocenters. The third-order valence-electron chi connectivity index (χ3n) is 4.20. The number of halogens is 1. The lowest BCUT2D eigenvalue weighted by atomic mass is 10.0. The second kappa shape index (κ2) is 6.93. The molecule has 1 heterocycles. The molecule has 0 amide bonds. The van der Waals surface area contributed by atoms with Gasteiger partial charge in [-0.25, -0.2) is 0 Å². The number of Topliss-reactive ketones (excluding diaryl/α,β-unsaturated/α-hetero) is 1. The molecule has 2 nitrogen and oxygen atoms in total. The highest BCUT2D eigenvalue weighted by molar-refractivity contribution is 6.05. The fourth-order valence-corrected chi connectivity index (χ4v) is 3.04. The highest BCUT2D eigenvalue weighted by Crippen LogP contribution is 2.22. The average Bonchev–Trinajstić information content (AvgIpc) is 2.62. The van der Waals surface area contributed by atoms with E-state index in [0.717, 1.165) is 11.1 Å². The highest BCUT2D eigenvalue weighted by Gasteiger charge is 2.16. The van der Waals surface area contributed by atoms with Crippen LogP contribution in [-0.4, -0.2) is 5.78 Å². The van der Waals surface area contributed by atoms with E-state index in [1.165, 1.54) is 16.2 Å². The predicted molar refractivity (Wildman–Crippen MR) is 92.4 cm³/mol. The SMILES string of the molecule is O=C(C[n+]1cccc2c3ccccc3ccc21)c1ccccc1.[Br-]. The summed E-state index contributed by atoms with van der Waals surface area (Å²) in [6, 6.07) is 26.1. The number of rotatable bonds is 3. The fourth-order valence-electron chi connectivity index (χ4n) is 3.04. The van der Waals surface area contributed by atoms with E-state index in [-0.39, 0.29) is 22.8 Å². The zero-order valence-electron chi connectivity index (χ0n) is 13.0. The lowest BCUT2D eigenvalue weighted by Gasteiger charge is -2.04. The Labute approximate surface area is 151 Å². The molecule has 0 fully saturated rings. The predicted octanol–water partition coefficient (Wildman–Crippen LogP) is 1.17. The van der Waals surface area contributed by atoms with E-state index in [2.05, 4.69) is 30.3 Å². The number of fused-ring (bicyclic) bond motifs is 3. The second-order valence-corrected chi connectivity index (χ2v) is 5.64. The van der Waals surface area contributed by atoms with Crippen molar-refractivity contribution in [2.24, 2.45) is 0 Å². The van der Waals surface area contributed by atoms with Gasteiger partial charge < -0.3 is 17.0 Å². The molecule has 0 spiro atoms. The molecule has 0 saturated carbocycles. The Morgan fingerprint density at radius 2 is 1.46 bits per heavy atom. The van der Waals surface area contributed by atoms with Crippen LogP contribution in [0.2, 0.25) is 0 Å². The van der Waals surface area contributed by atoms with Crippen LogP contribution in [0.1, 0.15) is 10.4 Å². The number of pyridine rings is 1. The molecule has 0 atom stereocenters. The maximum atomic E-state index is 12.5. The van der Waals surface area contributed by atoms with Crippen molar-refractivity contribution < 1.29 is 26.3 Å². The van der Waals surface area contributed by atoms with Gasteiger partial charge in [0.05, 0.1) is 5.39 Å². The van der Waals surface area contributed by atoms with Crippen molar-refractivity contribution in [2.75, 3.05) is 0 Å². The smallest absolute Gasteiger partial charge is 0.227 e. The van der Waals surface area contributed by atoms with Gasteiger partial charge >= 0.3 is 0 Å². The number of nitrogens with zero attached hydrogens (tertiary/aromatic N) is 1. The fraction of sp³-hybridized carbons (Fsp3) is 0.0476. The number of ketones is 1. The van der Waals surface area contributed by atoms with Crippen LogP contribution in [0.4, 0.5) is 0 Å². The van der Waals surface area contributed by atoms with E-state index in [0.29, 0.717) is 6.54 Å². The van der Waals surface area contributed by atoms with E-state index in [4.69, 9.17) is 0 Å². The summed E-state index contributed by atoms with van der Waals surface area (Å²) in [5.41, 5.74) is 1.83. The third kappa shape index (κ3) is 2.95. The molecule has 24 heavy (non-hydrogen) atoms. The Morgan fingerprint density at radius 1 is 0.750 bits per heavy atom. The number of hydrogen-bond acceptors (Lipinski definition) is 1. The van der Waals surface area contributed by atoms with Gasteiger partial charge in [-0.3, -0.25) is 4.79 Å². The van der Waals surface area contributed by atoms with Crippen LogP contribution in [-0.2, 0) is 6.54 Å². The Hall–Kier alpha value is -2.52. The Morgan fingerprint density at radius 3 is 2.29 bits per heavy atom. The molecule has 3 aromatic carbocycles. The minimum absolute atomic E-state index is 0. The van der Waals surface area contributed by atoms with Gasteiger partial charge in [-0.2, -0.15) is 4.57 Å². The summed E-state index contributed by atoms with van der Waals surface area (Å²) in [5.74, 6) is 0.122. The van der Waals surface area contributed by atoms with E-state index >= 15 is 0 Å². The third-order valence-corrected chi connectivity index (χ3v) is 4.20. The van der Waals surface area contributed by atoms with Crippen LogP contribution in [0.25, 0.3) is 21.7 Å². The van der Waals surface area contributed by atoms with Crippen LogP contribution in [0, 0.1) is 0 Å². The molecule has 0 aliphatic carbocycles. The van der Waals surface area contributed by atoms with E-state index in [1.807, 2.05) is 59.3 Å². The molecular weight excluding hydrogens is 362 g/mol. The Balaban J connectivity index is 0.00000169. The monoisotopic (exact) mass is 377 g/mol. The summed E-state index contributed by atoms with van der Waals surface area (Å²) >= 11 is 0. The zero-order chi connectivity index (χ0) is 15.6. The van der Waals surface area contributed by atoms with Crippen molar-refractivity contribution in [1.29, 1.82) is 0 Å². The summed E-state index contributed by atoms with van der Waals surface area (Å²) in [7, 11) is 0. The summed E-state index contributed by atoms with van der Waals surface area (Å²) in [5, 5.41) is 3.60. The maximum absolute atomic E-state index is 12.5. The standard InChI is InChI=1S/C21H16NO.BrH/c23-21(17-8-2-1-3-9-17)15-22-14-6-11-19-18-10-5-4-7-16(18)12-13-20(19)22;/h1-14H,15H2;1H/q+1;/p-1. The van der Waals surface area contributed by atoms with Crippen LogP contribution >= 0.6 is 0 Å². The molecule has 118 valence electrons. The van der Waals surface area contributed by atoms with Crippen molar-refractivity contribution in [2.45, 2.75) is 6.54 Å². The minimum atomic E-state index is 0. The van der Waals surface area contributed by atoms with Crippen LogP contribution in [0.3, 0.4) is 0 Å². The summed E-state index contributed by atoms with van der Waals surface area (Å²) in [4.78, 5) is 12.5. The van der Waals surface area contributed by atoms with E-state index in [1.54, 1.807) is 0 Å². The average molecular weight is 378 g/mol. The topological polar surface area (TPSA) is 20.9 Å². The normalized spacial score (nSPS) is 10.5. The first-order chi connectivity index (χ1) is 11.3. The molecule has 4 rings (SSSR count). The van der Waals surface area contributed by atoms with Crippen molar-refractivity contribution >= 4 is 27.5 Å². The van der Waals surface area contributed by atoms with Gasteiger partial charge in [0.1, 0.15) is 0 Å². The zero-order valence-corrected chi connectivity index (χ0v) is 14.6. The molecule has 1 aromatic heterocycles. The largest absolute Gasteiger partial charge is 1.00 e. The van der Waals surface area contributed by atoms with Crippen LogP contribution in [0.5, 0.6) is 0 Å². The van der Waals surface area contributed by atoms with Gasteiger partial charge in [0, 0.05) is 17.7 Å². The molecule has 0 aliphatic heterocycles. The number of aromatic nitrogens is 1. The van der Waals surface area contributed by atoms with E-state index < -0.39 is 0 Å². The van der Waals surface area contributed by atoms with Gasteiger partial charge in [0.25, 0.3) is 0 Å². The lowest BCUT2D eigenvalue weighted by Crippen LogP contribution is -3.00. The molecule has 0 radical (unpaired) electrons. The van der Waals surface area contributed by atoms with Crippen molar-refractivity contribution in [3.8, 4) is 0 Å². The molecule has 0 N–H and O–H groups in total. The first-order valence-corrected chi connectivity index (χ1v) is 7.71. The minimum Gasteiger partial charge on any atom is -1.00 e. The molecule has 0 bridgehead atoms. The first kappa shape index (κ1) is 16.3. The molecule has 3 heteroatoms. The quantitative estimate of drug-likeness (QED) is 0.298. The Bertz CT molecular complexity index is 1010. The van der Waals surface area contributed by atoms with Crippen molar-refractivity contribution in [3.05, 3.63) is 90.6 Å².